The summed E-state index contributed by atoms with van der Waals surface area (Å²) in [7, 11) is 0. The highest BCUT2D eigenvalue weighted by Gasteiger charge is 2.37. The number of nitrogens with zero attached hydrogens (tertiary/aromatic N) is 3. The standard InChI is InChI=1S/C12H23N5O2/c1-4-6-7-8-10-11(17(18)19)12(14-5-2)15-9(3)16(10)13/h10,14H,4-8,13H2,1-3H3. The van der Waals surface area contributed by atoms with Gasteiger partial charge in [0.1, 0.15) is 11.9 Å². The van der Waals surface area contributed by atoms with Crippen molar-refractivity contribution in [3.8, 4) is 0 Å². The fraction of sp³-hybridized carbons (Fsp3) is 0.750. The van der Waals surface area contributed by atoms with E-state index in [1.165, 1.54) is 5.01 Å². The highest BCUT2D eigenvalue weighted by molar-refractivity contribution is 5.81. The number of nitrogens with one attached hydrogen (secondary N) is 1. The summed E-state index contributed by atoms with van der Waals surface area (Å²) in [4.78, 5) is 15.1. The lowest BCUT2D eigenvalue weighted by Crippen LogP contribution is -2.50. The highest BCUT2D eigenvalue weighted by Crippen LogP contribution is 2.23. The predicted octanol–water partition coefficient (Wildman–Crippen LogP) is 1.60. The van der Waals surface area contributed by atoms with E-state index in [1.54, 1.807) is 6.92 Å². The Kier molecular flexibility index (Phi) is 5.75. The lowest BCUT2D eigenvalue weighted by Gasteiger charge is -2.30. The molecule has 1 atom stereocenters. The van der Waals surface area contributed by atoms with Crippen LogP contribution in [0.25, 0.3) is 0 Å². The molecule has 1 unspecified atom stereocenters. The van der Waals surface area contributed by atoms with Gasteiger partial charge in [0.05, 0.1) is 4.92 Å². The number of nitro groups is 1. The van der Waals surface area contributed by atoms with Crippen molar-refractivity contribution in [1.82, 2.24) is 10.3 Å². The van der Waals surface area contributed by atoms with Crippen molar-refractivity contribution in [3.63, 3.8) is 0 Å². The number of amidine groups is 1. The number of unbranched alkanes of at least 4 members (excludes halogenated alkanes) is 2. The number of rotatable bonds is 7. The van der Waals surface area contributed by atoms with Gasteiger partial charge in [-0.3, -0.25) is 15.1 Å². The van der Waals surface area contributed by atoms with Crippen LogP contribution in [0, 0.1) is 10.1 Å². The van der Waals surface area contributed by atoms with Crippen molar-refractivity contribution in [2.45, 2.75) is 52.5 Å². The molecule has 7 heteroatoms. The minimum Gasteiger partial charge on any atom is -0.365 e. The van der Waals surface area contributed by atoms with Crippen molar-refractivity contribution in [2.24, 2.45) is 10.8 Å². The quantitative estimate of drug-likeness (QED) is 0.317. The van der Waals surface area contributed by atoms with Crippen molar-refractivity contribution in [1.29, 1.82) is 0 Å². The monoisotopic (exact) mass is 269 g/mol. The molecule has 0 saturated heterocycles. The van der Waals surface area contributed by atoms with Crippen LogP contribution in [0.4, 0.5) is 0 Å². The van der Waals surface area contributed by atoms with E-state index in [0.717, 1.165) is 19.3 Å². The topological polar surface area (TPSA) is 96.8 Å². The maximum absolute atomic E-state index is 11.3. The van der Waals surface area contributed by atoms with Gasteiger partial charge in [0.15, 0.2) is 0 Å². The minimum atomic E-state index is -0.409. The van der Waals surface area contributed by atoms with Crippen molar-refractivity contribution in [2.75, 3.05) is 6.54 Å². The maximum atomic E-state index is 11.3. The maximum Gasteiger partial charge on any atom is 0.311 e. The summed E-state index contributed by atoms with van der Waals surface area (Å²) in [6, 6.07) is -0.409. The molecule has 19 heavy (non-hydrogen) atoms. The molecule has 0 aromatic heterocycles. The number of aliphatic imine (C=N–C) groups is 1. The molecule has 0 spiro atoms. The third-order valence-corrected chi connectivity index (χ3v) is 3.16. The molecule has 0 saturated carbocycles. The first kappa shape index (κ1) is 15.4. The predicted molar refractivity (Wildman–Crippen MR) is 74.8 cm³/mol. The van der Waals surface area contributed by atoms with E-state index in [1.807, 2.05) is 6.92 Å². The van der Waals surface area contributed by atoms with Crippen LogP contribution in [-0.4, -0.2) is 28.4 Å². The molecule has 108 valence electrons. The van der Waals surface area contributed by atoms with Gasteiger partial charge in [-0.2, -0.15) is 0 Å². The zero-order chi connectivity index (χ0) is 14.4. The van der Waals surface area contributed by atoms with Gasteiger partial charge in [-0.25, -0.2) is 10.8 Å². The Morgan fingerprint density at radius 1 is 1.47 bits per heavy atom. The molecular weight excluding hydrogens is 246 g/mol. The molecule has 7 nitrogen and oxygen atoms in total. The summed E-state index contributed by atoms with van der Waals surface area (Å²) in [5.41, 5.74) is 0.0750. The fourth-order valence-corrected chi connectivity index (χ4v) is 2.16. The number of hydrogen-bond donors (Lipinski definition) is 2. The highest BCUT2D eigenvalue weighted by atomic mass is 16.6. The van der Waals surface area contributed by atoms with Gasteiger partial charge in [0, 0.05) is 6.54 Å². The summed E-state index contributed by atoms with van der Waals surface area (Å²) >= 11 is 0. The molecule has 0 radical (unpaired) electrons. The van der Waals surface area contributed by atoms with E-state index in [0.29, 0.717) is 24.6 Å². The van der Waals surface area contributed by atoms with Gasteiger partial charge in [0.25, 0.3) is 0 Å². The summed E-state index contributed by atoms with van der Waals surface area (Å²) in [6.45, 7) is 6.34. The Morgan fingerprint density at radius 3 is 2.68 bits per heavy atom. The second-order valence-electron chi connectivity index (χ2n) is 4.60. The van der Waals surface area contributed by atoms with Crippen LogP contribution in [0.15, 0.2) is 16.5 Å². The Balaban J connectivity index is 3.02. The van der Waals surface area contributed by atoms with Gasteiger partial charge in [-0.05, 0) is 20.3 Å². The Labute approximate surface area is 113 Å². The Morgan fingerprint density at radius 2 is 2.16 bits per heavy atom. The van der Waals surface area contributed by atoms with E-state index >= 15 is 0 Å². The number of nitrogens with two attached hydrogens (primary N) is 1. The number of hydrogen-bond acceptors (Lipinski definition) is 6. The number of hydrazine groups is 1. The average molecular weight is 269 g/mol. The Bertz CT molecular complexity index is 392. The first-order valence-corrected chi connectivity index (χ1v) is 6.74. The van der Waals surface area contributed by atoms with Crippen LogP contribution < -0.4 is 11.2 Å². The van der Waals surface area contributed by atoms with Crippen LogP contribution in [0.1, 0.15) is 46.5 Å². The second kappa shape index (κ2) is 7.08. The molecule has 0 amide bonds. The van der Waals surface area contributed by atoms with Crippen LogP contribution in [-0.2, 0) is 0 Å². The van der Waals surface area contributed by atoms with Crippen molar-refractivity contribution in [3.05, 3.63) is 21.6 Å². The summed E-state index contributed by atoms with van der Waals surface area (Å²) in [5, 5.41) is 15.7. The molecule has 0 bridgehead atoms. The van der Waals surface area contributed by atoms with E-state index < -0.39 is 6.04 Å². The zero-order valence-corrected chi connectivity index (χ0v) is 11.8. The zero-order valence-electron chi connectivity index (χ0n) is 11.8. The third-order valence-electron chi connectivity index (χ3n) is 3.16. The van der Waals surface area contributed by atoms with Crippen molar-refractivity contribution >= 4 is 5.84 Å². The minimum absolute atomic E-state index is 0.0750. The fourth-order valence-electron chi connectivity index (χ4n) is 2.16. The molecule has 3 N–H and O–H groups in total. The lowest BCUT2D eigenvalue weighted by molar-refractivity contribution is -0.434. The van der Waals surface area contributed by atoms with E-state index in [-0.39, 0.29) is 10.6 Å². The molecule has 1 aliphatic rings. The molecule has 1 rings (SSSR count). The van der Waals surface area contributed by atoms with Crippen LogP contribution in [0.5, 0.6) is 0 Å². The summed E-state index contributed by atoms with van der Waals surface area (Å²) < 4.78 is 0. The average Bonchev–Trinajstić information content (AvgIpc) is 2.35. The largest absolute Gasteiger partial charge is 0.365 e. The van der Waals surface area contributed by atoms with Crippen LogP contribution >= 0.6 is 0 Å². The normalized spacial score (nSPS) is 19.5. The molecule has 0 aromatic carbocycles. The van der Waals surface area contributed by atoms with Gasteiger partial charge in [-0.1, -0.05) is 26.2 Å². The first-order valence-electron chi connectivity index (χ1n) is 6.74. The van der Waals surface area contributed by atoms with Gasteiger partial charge >= 0.3 is 5.70 Å². The van der Waals surface area contributed by atoms with Gasteiger partial charge in [-0.15, -0.1) is 0 Å². The molecule has 0 aliphatic carbocycles. The van der Waals surface area contributed by atoms with Crippen LogP contribution in [0.3, 0.4) is 0 Å². The van der Waals surface area contributed by atoms with E-state index in [2.05, 4.69) is 17.2 Å². The molecular formula is C12H23N5O2. The van der Waals surface area contributed by atoms with Crippen molar-refractivity contribution < 1.29 is 4.92 Å². The van der Waals surface area contributed by atoms with E-state index in [4.69, 9.17) is 5.84 Å². The third kappa shape index (κ3) is 3.66. The lowest BCUT2D eigenvalue weighted by atomic mass is 10.0. The summed E-state index contributed by atoms with van der Waals surface area (Å²) in [5.74, 6) is 6.87. The molecule has 0 aromatic rings. The SMILES string of the molecule is CCCCCC1C([N+](=O)[O-])=C(NCC)N=C(C)N1N. The molecule has 1 aliphatic heterocycles. The van der Waals surface area contributed by atoms with E-state index in [9.17, 15) is 10.1 Å². The summed E-state index contributed by atoms with van der Waals surface area (Å²) in [6.07, 6.45) is 3.70. The van der Waals surface area contributed by atoms with Crippen LogP contribution in [0.2, 0.25) is 0 Å². The van der Waals surface area contributed by atoms with Gasteiger partial charge in [0.2, 0.25) is 5.82 Å². The molecule has 1 heterocycles. The molecule has 0 fully saturated rings. The second-order valence-corrected chi connectivity index (χ2v) is 4.60. The van der Waals surface area contributed by atoms with Gasteiger partial charge < -0.3 is 5.32 Å². The first-order chi connectivity index (χ1) is 9.02. The smallest absolute Gasteiger partial charge is 0.311 e. The Hall–Kier alpha value is -1.63.